The predicted molar refractivity (Wildman–Crippen MR) is 112 cm³/mol. The van der Waals surface area contributed by atoms with Crippen molar-refractivity contribution in [1.82, 2.24) is 15.2 Å². The number of carbonyl (C=O) groups excluding carboxylic acids is 1. The minimum atomic E-state index is -0.738. The second kappa shape index (κ2) is 8.79. The molecule has 10 heteroatoms. The Kier molecular flexibility index (Phi) is 5.97. The van der Waals surface area contributed by atoms with E-state index in [1.54, 1.807) is 37.3 Å². The minimum Gasteiger partial charge on any atom is -0.266 e. The molecule has 1 heterocycles. The molecule has 1 aromatic heterocycles. The fraction of sp³-hybridized carbons (Fsp3) is 0.0952. The average Bonchev–Trinajstić information content (AvgIpc) is 2.75. The zero-order valence-corrected chi connectivity index (χ0v) is 16.6. The molecule has 0 aliphatic carbocycles. The van der Waals surface area contributed by atoms with Gasteiger partial charge in [-0.15, -0.1) is 0 Å². The van der Waals surface area contributed by atoms with Crippen molar-refractivity contribution >= 4 is 17.8 Å². The van der Waals surface area contributed by atoms with Gasteiger partial charge in [0.05, 0.1) is 16.8 Å². The van der Waals surface area contributed by atoms with Crippen LogP contribution in [-0.2, 0) is 0 Å². The first kappa shape index (κ1) is 21.1. The monoisotopic (exact) mass is 416 g/mol. The van der Waals surface area contributed by atoms with Crippen LogP contribution in [0.1, 0.15) is 32.7 Å². The van der Waals surface area contributed by atoms with Gasteiger partial charge in [-0.1, -0.05) is 30.3 Å². The molecule has 0 aliphatic heterocycles. The molecule has 0 saturated heterocycles. The van der Waals surface area contributed by atoms with Crippen LogP contribution in [0.25, 0.3) is 5.69 Å². The molecule has 2 aromatic carbocycles. The fourth-order valence-corrected chi connectivity index (χ4v) is 2.85. The molecule has 1 N–H and O–H groups in total. The number of hydrogen-bond acceptors (Lipinski definition) is 7. The second-order valence-electron chi connectivity index (χ2n) is 6.52. The van der Waals surface area contributed by atoms with Gasteiger partial charge in [0.2, 0.25) is 0 Å². The molecule has 31 heavy (non-hydrogen) atoms. The highest BCUT2D eigenvalue weighted by Gasteiger charge is 2.20. The quantitative estimate of drug-likeness (QED) is 0.384. The summed E-state index contributed by atoms with van der Waals surface area (Å²) in [5.41, 5.74) is 2.89. The molecule has 0 unspecified atom stereocenters. The number of nitrogens with zero attached hydrogens (tertiary/aromatic N) is 5. The number of nitro groups is 1. The molecule has 3 rings (SSSR count). The third kappa shape index (κ3) is 4.35. The molecule has 0 aliphatic rings. The van der Waals surface area contributed by atoms with E-state index in [4.69, 9.17) is 0 Å². The van der Waals surface area contributed by atoms with Gasteiger partial charge in [-0.25, -0.2) is 5.43 Å². The fourth-order valence-electron chi connectivity index (χ4n) is 2.85. The normalized spacial score (nSPS) is 10.6. The Balaban J connectivity index is 1.96. The van der Waals surface area contributed by atoms with E-state index in [9.17, 15) is 25.0 Å². The first-order valence-electron chi connectivity index (χ1n) is 9.01. The topological polar surface area (TPSA) is 143 Å². The molecular formula is C21H16N6O4. The number of non-ortho nitro benzene ring substituents is 1. The zero-order valence-electron chi connectivity index (χ0n) is 16.6. The number of para-hydroxylation sites is 1. The van der Waals surface area contributed by atoms with Gasteiger partial charge in [-0.05, 0) is 25.5 Å². The number of carbonyl (C=O) groups is 1. The Morgan fingerprint density at radius 3 is 2.68 bits per heavy atom. The predicted octanol–water partition coefficient (Wildman–Crippen LogP) is 2.39. The summed E-state index contributed by atoms with van der Waals surface area (Å²) < 4.78 is 1.01. The number of amides is 1. The Morgan fingerprint density at radius 2 is 2.00 bits per heavy atom. The van der Waals surface area contributed by atoms with Crippen LogP contribution in [0.3, 0.4) is 0 Å². The van der Waals surface area contributed by atoms with E-state index in [2.05, 4.69) is 15.6 Å². The third-order valence-corrected chi connectivity index (χ3v) is 4.47. The molecule has 1 amide bonds. The summed E-state index contributed by atoms with van der Waals surface area (Å²) in [4.78, 5) is 35.7. The van der Waals surface area contributed by atoms with Crippen LogP contribution in [0.4, 0.5) is 5.69 Å². The largest absolute Gasteiger partial charge is 0.292 e. The maximum atomic E-state index is 12.7. The van der Waals surface area contributed by atoms with Crippen LogP contribution in [0.5, 0.6) is 0 Å². The van der Waals surface area contributed by atoms with Crippen molar-refractivity contribution in [3.63, 3.8) is 0 Å². The number of benzene rings is 2. The molecule has 0 fully saturated rings. The third-order valence-electron chi connectivity index (χ3n) is 4.47. The summed E-state index contributed by atoms with van der Waals surface area (Å²) in [7, 11) is 0. The SMILES string of the molecule is Cc1ccccc1-n1nc(C(=O)N/N=C/c2cccc([N+](=O)[O-])c2)c(C)c(C#N)c1=O. The van der Waals surface area contributed by atoms with Crippen molar-refractivity contribution in [2.24, 2.45) is 5.10 Å². The summed E-state index contributed by atoms with van der Waals surface area (Å²) in [6, 6.07) is 14.5. The smallest absolute Gasteiger partial charge is 0.266 e. The lowest BCUT2D eigenvalue weighted by atomic mass is 10.1. The summed E-state index contributed by atoms with van der Waals surface area (Å²) in [6.45, 7) is 3.23. The van der Waals surface area contributed by atoms with E-state index in [0.29, 0.717) is 11.3 Å². The standard InChI is InChI=1S/C21H16N6O4/c1-13-6-3-4-9-18(13)26-21(29)17(11-22)14(2)19(25-26)20(28)24-23-12-15-7-5-8-16(10-15)27(30)31/h3-10,12H,1-2H3,(H,24,28)/b23-12+. The van der Waals surface area contributed by atoms with Crippen LogP contribution in [-0.4, -0.2) is 26.8 Å². The molecule has 3 aromatic rings. The van der Waals surface area contributed by atoms with E-state index < -0.39 is 16.4 Å². The van der Waals surface area contributed by atoms with Gasteiger partial charge < -0.3 is 0 Å². The number of aromatic nitrogens is 2. The average molecular weight is 416 g/mol. The van der Waals surface area contributed by atoms with E-state index in [1.165, 1.54) is 31.3 Å². The van der Waals surface area contributed by atoms with Gasteiger partial charge in [0, 0.05) is 23.3 Å². The number of aryl methyl sites for hydroxylation is 1. The maximum absolute atomic E-state index is 12.7. The number of nitrogens with one attached hydrogen (secondary N) is 1. The minimum absolute atomic E-state index is 0.114. The van der Waals surface area contributed by atoms with Crippen LogP contribution in [0.2, 0.25) is 0 Å². The Hall–Kier alpha value is -4.65. The summed E-state index contributed by atoms with van der Waals surface area (Å²) in [5, 5.41) is 28.2. The maximum Gasteiger partial charge on any atom is 0.292 e. The molecule has 10 nitrogen and oxygen atoms in total. The lowest BCUT2D eigenvalue weighted by Gasteiger charge is -2.12. The highest BCUT2D eigenvalue weighted by Crippen LogP contribution is 2.14. The van der Waals surface area contributed by atoms with Crippen molar-refractivity contribution in [3.05, 3.63) is 96.9 Å². The zero-order chi connectivity index (χ0) is 22.5. The van der Waals surface area contributed by atoms with Gasteiger partial charge in [0.1, 0.15) is 11.6 Å². The molecule has 0 spiro atoms. The first-order chi connectivity index (χ1) is 14.8. The van der Waals surface area contributed by atoms with E-state index >= 15 is 0 Å². The summed E-state index contributed by atoms with van der Waals surface area (Å²) in [6.07, 6.45) is 1.24. The molecule has 154 valence electrons. The Bertz CT molecular complexity index is 1320. The summed E-state index contributed by atoms with van der Waals surface area (Å²) in [5.74, 6) is -0.738. The van der Waals surface area contributed by atoms with Gasteiger partial charge in [0.15, 0.2) is 5.69 Å². The number of nitro benzene ring substituents is 1. The first-order valence-corrected chi connectivity index (χ1v) is 9.01. The van der Waals surface area contributed by atoms with E-state index in [0.717, 1.165) is 10.2 Å². The van der Waals surface area contributed by atoms with Gasteiger partial charge in [-0.2, -0.15) is 20.1 Å². The number of nitriles is 1. The van der Waals surface area contributed by atoms with Crippen molar-refractivity contribution in [1.29, 1.82) is 5.26 Å². The summed E-state index contributed by atoms with van der Waals surface area (Å²) >= 11 is 0. The van der Waals surface area contributed by atoms with Crippen LogP contribution in [0.15, 0.2) is 58.4 Å². The lowest BCUT2D eigenvalue weighted by molar-refractivity contribution is -0.384. The van der Waals surface area contributed by atoms with Crippen LogP contribution < -0.4 is 11.0 Å². The van der Waals surface area contributed by atoms with Gasteiger partial charge in [-0.3, -0.25) is 19.7 Å². The van der Waals surface area contributed by atoms with Gasteiger partial charge in [0.25, 0.3) is 17.2 Å². The van der Waals surface area contributed by atoms with Crippen molar-refractivity contribution in [2.45, 2.75) is 13.8 Å². The van der Waals surface area contributed by atoms with E-state index in [1.807, 2.05) is 6.07 Å². The molecule has 0 bridgehead atoms. The Morgan fingerprint density at radius 1 is 1.26 bits per heavy atom. The number of hydrogen-bond donors (Lipinski definition) is 1. The molecule has 0 atom stereocenters. The molecule has 0 radical (unpaired) electrons. The van der Waals surface area contributed by atoms with Crippen molar-refractivity contribution in [3.8, 4) is 11.8 Å². The van der Waals surface area contributed by atoms with Crippen LogP contribution >= 0.6 is 0 Å². The molecule has 0 saturated carbocycles. The number of hydrazone groups is 1. The van der Waals surface area contributed by atoms with E-state index in [-0.39, 0.29) is 22.5 Å². The lowest BCUT2D eigenvalue weighted by Crippen LogP contribution is -2.31. The van der Waals surface area contributed by atoms with Crippen LogP contribution in [0, 0.1) is 35.3 Å². The van der Waals surface area contributed by atoms with Crippen molar-refractivity contribution in [2.75, 3.05) is 0 Å². The molecular weight excluding hydrogens is 400 g/mol. The highest BCUT2D eigenvalue weighted by atomic mass is 16.6. The highest BCUT2D eigenvalue weighted by molar-refractivity contribution is 5.94. The Labute approximate surface area is 176 Å². The van der Waals surface area contributed by atoms with Crippen molar-refractivity contribution < 1.29 is 9.72 Å². The van der Waals surface area contributed by atoms with Gasteiger partial charge >= 0.3 is 0 Å². The second-order valence-corrected chi connectivity index (χ2v) is 6.52. The number of rotatable bonds is 5.